The van der Waals surface area contributed by atoms with Crippen LogP contribution in [0.5, 0.6) is 0 Å². The van der Waals surface area contributed by atoms with Gasteiger partial charge in [-0.15, -0.1) is 0 Å². The highest BCUT2D eigenvalue weighted by molar-refractivity contribution is 6.21. The maximum Gasteiger partial charge on any atom is 0.159 e. The topological polar surface area (TPSA) is 62.8 Å². The first-order valence-corrected chi connectivity index (χ1v) is 17.1. The number of hydrogen-bond acceptors (Lipinski definition) is 5. The predicted octanol–water partition coefficient (Wildman–Crippen LogP) is 11.1. The lowest BCUT2D eigenvalue weighted by atomic mass is 9.91. The van der Waals surface area contributed by atoms with Crippen LogP contribution >= 0.6 is 0 Å². The Labute approximate surface area is 294 Å². The molecule has 0 amide bonds. The van der Waals surface area contributed by atoms with Crippen LogP contribution in [0.4, 0.5) is 0 Å². The third kappa shape index (κ3) is 5.06. The van der Waals surface area contributed by atoms with Gasteiger partial charge in [-0.3, -0.25) is 4.98 Å². The van der Waals surface area contributed by atoms with Crippen molar-refractivity contribution in [3.63, 3.8) is 0 Å². The van der Waals surface area contributed by atoms with Gasteiger partial charge in [0.15, 0.2) is 5.84 Å². The Morgan fingerprint density at radius 2 is 1.25 bits per heavy atom. The van der Waals surface area contributed by atoms with E-state index in [4.69, 9.17) is 14.4 Å². The molecular weight excluding hydrogens is 625 g/mol. The monoisotopic (exact) mass is 654 g/mol. The summed E-state index contributed by atoms with van der Waals surface area (Å²) in [5.41, 5.74) is 8.98. The van der Waals surface area contributed by atoms with Crippen LogP contribution < -0.4 is 5.32 Å². The molecule has 1 aliphatic heterocycles. The van der Waals surface area contributed by atoms with E-state index in [0.29, 0.717) is 5.84 Å². The molecule has 1 N–H and O–H groups in total. The highest BCUT2D eigenvalue weighted by Gasteiger charge is 2.25. The summed E-state index contributed by atoms with van der Waals surface area (Å²) in [4.78, 5) is 14.6. The molecule has 51 heavy (non-hydrogen) atoms. The minimum absolute atomic E-state index is 0.299. The highest BCUT2D eigenvalue weighted by atomic mass is 16.3. The van der Waals surface area contributed by atoms with E-state index in [9.17, 15) is 0 Å². The number of amidine groups is 2. The lowest BCUT2D eigenvalue weighted by Gasteiger charge is -2.25. The fourth-order valence-corrected chi connectivity index (χ4v) is 7.30. The summed E-state index contributed by atoms with van der Waals surface area (Å²) in [5.74, 6) is 1.46. The largest absolute Gasteiger partial charge is 0.455 e. The number of hydrogen-bond donors (Lipinski definition) is 1. The van der Waals surface area contributed by atoms with Gasteiger partial charge in [0.05, 0.1) is 0 Å². The first-order chi connectivity index (χ1) is 25.3. The molecule has 1 atom stereocenters. The average molecular weight is 655 g/mol. The van der Waals surface area contributed by atoms with Gasteiger partial charge in [-0.25, -0.2) is 9.98 Å². The Kier molecular flexibility index (Phi) is 6.81. The zero-order valence-corrected chi connectivity index (χ0v) is 27.5. The summed E-state index contributed by atoms with van der Waals surface area (Å²) in [5, 5.41) is 10.4. The van der Waals surface area contributed by atoms with Crippen molar-refractivity contribution in [2.75, 3.05) is 0 Å². The van der Waals surface area contributed by atoms with E-state index in [1.807, 2.05) is 48.8 Å². The van der Waals surface area contributed by atoms with E-state index in [0.717, 1.165) is 77.5 Å². The zero-order chi connectivity index (χ0) is 33.7. The van der Waals surface area contributed by atoms with Gasteiger partial charge in [0.2, 0.25) is 0 Å². The van der Waals surface area contributed by atoms with E-state index in [1.54, 1.807) is 0 Å². The second-order valence-corrected chi connectivity index (χ2v) is 12.9. The van der Waals surface area contributed by atoms with Crippen LogP contribution in [0.25, 0.3) is 65.7 Å². The van der Waals surface area contributed by atoms with Crippen molar-refractivity contribution in [3.8, 4) is 22.3 Å². The van der Waals surface area contributed by atoms with E-state index in [-0.39, 0.29) is 6.17 Å². The molecule has 3 heterocycles. The number of pyridine rings is 1. The van der Waals surface area contributed by atoms with Gasteiger partial charge >= 0.3 is 0 Å². The first kappa shape index (κ1) is 29.1. The van der Waals surface area contributed by atoms with E-state index >= 15 is 0 Å². The molecule has 240 valence electrons. The van der Waals surface area contributed by atoms with Crippen LogP contribution in [0.1, 0.15) is 22.9 Å². The van der Waals surface area contributed by atoms with Crippen LogP contribution in [-0.2, 0) is 0 Å². The first-order valence-electron chi connectivity index (χ1n) is 17.1. The maximum atomic E-state index is 6.86. The third-order valence-electron chi connectivity index (χ3n) is 9.80. The van der Waals surface area contributed by atoms with Crippen LogP contribution in [0.15, 0.2) is 185 Å². The molecule has 2 aromatic heterocycles. The molecule has 10 rings (SSSR count). The second-order valence-electron chi connectivity index (χ2n) is 12.9. The van der Waals surface area contributed by atoms with Crippen LogP contribution in [0.2, 0.25) is 0 Å². The zero-order valence-electron chi connectivity index (χ0n) is 27.5. The molecular formula is C46H30N4O. The molecule has 0 bridgehead atoms. The second kappa shape index (κ2) is 11.9. The van der Waals surface area contributed by atoms with Gasteiger partial charge in [0.25, 0.3) is 0 Å². The van der Waals surface area contributed by atoms with Gasteiger partial charge in [0.1, 0.15) is 23.2 Å². The fourth-order valence-electron chi connectivity index (χ4n) is 7.30. The number of nitrogens with zero attached hydrogens (tertiary/aromatic N) is 3. The number of aromatic nitrogens is 1. The quantitative estimate of drug-likeness (QED) is 0.201. The molecule has 1 aliphatic rings. The summed E-state index contributed by atoms with van der Waals surface area (Å²) in [6.07, 6.45) is 3.44. The summed E-state index contributed by atoms with van der Waals surface area (Å²) in [7, 11) is 0. The number of furan rings is 1. The number of benzene rings is 7. The van der Waals surface area contributed by atoms with Gasteiger partial charge in [-0.05, 0) is 68.7 Å². The summed E-state index contributed by atoms with van der Waals surface area (Å²) in [6.45, 7) is 0. The van der Waals surface area contributed by atoms with Gasteiger partial charge < -0.3 is 9.73 Å². The summed E-state index contributed by atoms with van der Waals surface area (Å²) >= 11 is 0. The number of aliphatic imine (C=N–C) groups is 2. The SMILES string of the molecule is c1ccc(C2=NC(c3ccccc3)NC(c3ccccc3-c3ccc(-c4ccc5ccccc5c4)c4oc5cc6cnccc6cc5c34)=N2)cc1. The number of rotatable bonds is 5. The molecule has 0 aliphatic carbocycles. The van der Waals surface area contributed by atoms with Crippen LogP contribution in [-0.4, -0.2) is 16.7 Å². The van der Waals surface area contributed by atoms with Crippen molar-refractivity contribution < 1.29 is 4.42 Å². The summed E-state index contributed by atoms with van der Waals surface area (Å²) in [6, 6.07) is 54.9. The molecule has 0 fully saturated rings. The van der Waals surface area contributed by atoms with Crippen molar-refractivity contribution in [1.82, 2.24) is 10.3 Å². The van der Waals surface area contributed by atoms with Crippen LogP contribution in [0, 0.1) is 0 Å². The van der Waals surface area contributed by atoms with E-state index in [2.05, 4.69) is 132 Å². The minimum Gasteiger partial charge on any atom is -0.455 e. The smallest absolute Gasteiger partial charge is 0.159 e. The van der Waals surface area contributed by atoms with Crippen molar-refractivity contribution >= 4 is 55.2 Å². The molecule has 9 aromatic rings. The van der Waals surface area contributed by atoms with Crippen molar-refractivity contribution in [3.05, 3.63) is 187 Å². The van der Waals surface area contributed by atoms with E-state index < -0.39 is 0 Å². The molecule has 0 spiro atoms. The number of fused-ring (bicyclic) bond motifs is 5. The molecule has 1 unspecified atom stereocenters. The average Bonchev–Trinajstić information content (AvgIpc) is 3.58. The summed E-state index contributed by atoms with van der Waals surface area (Å²) < 4.78 is 6.86. The van der Waals surface area contributed by atoms with Crippen molar-refractivity contribution in [1.29, 1.82) is 0 Å². The molecule has 5 heteroatoms. The Morgan fingerprint density at radius 3 is 2.12 bits per heavy atom. The number of nitrogens with one attached hydrogen (secondary N) is 1. The van der Waals surface area contributed by atoms with Gasteiger partial charge in [-0.1, -0.05) is 127 Å². The minimum atomic E-state index is -0.299. The fraction of sp³-hybridized carbons (Fsp3) is 0.0217. The molecule has 7 aromatic carbocycles. The molecule has 0 saturated heterocycles. The van der Waals surface area contributed by atoms with Crippen LogP contribution in [0.3, 0.4) is 0 Å². The maximum absolute atomic E-state index is 6.86. The Bertz CT molecular complexity index is 2840. The standard InChI is InChI=1S/C46H30N4O/c1-3-12-30(13-4-1)44-48-45(31-14-5-2-6-15-31)50-46(49-44)39-18-10-9-17-37(39)38-22-21-36(34-20-19-29-11-7-8-16-32(29)25-34)43-42(38)40-26-33-23-24-47-28-35(33)27-41(40)51-43/h1-28,44H,(H,48,49,50). The Morgan fingerprint density at radius 1 is 0.529 bits per heavy atom. The highest BCUT2D eigenvalue weighted by Crippen LogP contribution is 2.44. The third-order valence-corrected chi connectivity index (χ3v) is 9.80. The molecule has 0 radical (unpaired) electrons. The predicted molar refractivity (Wildman–Crippen MR) is 209 cm³/mol. The van der Waals surface area contributed by atoms with Gasteiger partial charge in [-0.2, -0.15) is 0 Å². The Balaban J connectivity index is 1.21. The van der Waals surface area contributed by atoms with Crippen molar-refractivity contribution in [2.45, 2.75) is 6.17 Å². The normalized spacial score (nSPS) is 14.5. The lowest BCUT2D eigenvalue weighted by Crippen LogP contribution is -2.33. The molecule has 0 saturated carbocycles. The van der Waals surface area contributed by atoms with Crippen molar-refractivity contribution in [2.24, 2.45) is 9.98 Å². The lowest BCUT2D eigenvalue weighted by molar-refractivity contribution is 0.670. The molecule has 5 nitrogen and oxygen atoms in total. The Hall–Kier alpha value is -6.85. The van der Waals surface area contributed by atoms with Gasteiger partial charge in [0, 0.05) is 45.2 Å². The van der Waals surface area contributed by atoms with E-state index in [1.165, 1.54) is 10.8 Å².